The number of hydrogen-bond acceptors (Lipinski definition) is 3. The fourth-order valence-electron chi connectivity index (χ4n) is 3.88. The lowest BCUT2D eigenvalue weighted by Gasteiger charge is -2.16. The van der Waals surface area contributed by atoms with Crippen molar-refractivity contribution >= 4 is 11.0 Å². The average Bonchev–Trinajstić information content (AvgIpc) is 3.27. The van der Waals surface area contributed by atoms with Crippen LogP contribution in [-0.2, 0) is 13.0 Å². The summed E-state index contributed by atoms with van der Waals surface area (Å²) in [4.78, 5) is 4.35. The molecule has 130 valence electrons. The van der Waals surface area contributed by atoms with Crippen molar-refractivity contribution in [2.24, 2.45) is 5.41 Å². The van der Waals surface area contributed by atoms with Crippen LogP contribution >= 0.6 is 0 Å². The number of nitrogens with zero attached hydrogens (tertiary/aromatic N) is 4. The standard InChI is InChI=1S/C20H18FN5/c1-20(2)9-16-17(14-7-8-22-19-15(14)10-23-24-19)18(25-26(16)11-20)12-3-5-13(21)6-4-12/h3-8,10H,9,11H2,1-2H3,(H,22,23,24). The van der Waals surface area contributed by atoms with E-state index in [2.05, 4.69) is 33.7 Å². The molecule has 3 aromatic heterocycles. The predicted octanol–water partition coefficient (Wildman–Crippen LogP) is 4.21. The van der Waals surface area contributed by atoms with Crippen molar-refractivity contribution in [1.29, 1.82) is 0 Å². The minimum Gasteiger partial charge on any atom is -0.268 e. The molecule has 26 heavy (non-hydrogen) atoms. The van der Waals surface area contributed by atoms with Gasteiger partial charge in [0.15, 0.2) is 5.65 Å². The monoisotopic (exact) mass is 347 g/mol. The van der Waals surface area contributed by atoms with Gasteiger partial charge in [-0.3, -0.25) is 9.78 Å². The normalized spacial score (nSPS) is 15.5. The number of fused-ring (bicyclic) bond motifs is 2. The molecule has 1 N–H and O–H groups in total. The molecular weight excluding hydrogens is 329 g/mol. The Hall–Kier alpha value is -3.02. The van der Waals surface area contributed by atoms with Crippen molar-refractivity contribution < 1.29 is 4.39 Å². The van der Waals surface area contributed by atoms with E-state index in [1.165, 1.54) is 17.8 Å². The van der Waals surface area contributed by atoms with Crippen molar-refractivity contribution in [2.45, 2.75) is 26.8 Å². The van der Waals surface area contributed by atoms with Gasteiger partial charge in [-0.15, -0.1) is 0 Å². The second-order valence-electron chi connectivity index (χ2n) is 7.67. The van der Waals surface area contributed by atoms with Crippen LogP contribution in [0.2, 0.25) is 0 Å². The number of hydrogen-bond donors (Lipinski definition) is 1. The summed E-state index contributed by atoms with van der Waals surface area (Å²) < 4.78 is 15.5. The number of H-pyrrole nitrogens is 1. The molecule has 4 heterocycles. The van der Waals surface area contributed by atoms with E-state index < -0.39 is 0 Å². The topological polar surface area (TPSA) is 59.4 Å². The summed E-state index contributed by atoms with van der Waals surface area (Å²) in [5, 5.41) is 12.9. The van der Waals surface area contributed by atoms with Gasteiger partial charge >= 0.3 is 0 Å². The van der Waals surface area contributed by atoms with E-state index in [9.17, 15) is 4.39 Å². The summed E-state index contributed by atoms with van der Waals surface area (Å²) in [7, 11) is 0. The molecular formula is C20H18FN5. The van der Waals surface area contributed by atoms with Gasteiger partial charge in [0.25, 0.3) is 0 Å². The quantitative estimate of drug-likeness (QED) is 0.591. The van der Waals surface area contributed by atoms with Gasteiger partial charge in [-0.2, -0.15) is 10.2 Å². The molecule has 0 radical (unpaired) electrons. The van der Waals surface area contributed by atoms with Gasteiger partial charge in [0.2, 0.25) is 0 Å². The first-order valence-corrected chi connectivity index (χ1v) is 8.66. The molecule has 0 atom stereocenters. The first-order valence-electron chi connectivity index (χ1n) is 8.66. The summed E-state index contributed by atoms with van der Waals surface area (Å²) in [5.41, 5.74) is 6.07. The van der Waals surface area contributed by atoms with Crippen LogP contribution in [0.25, 0.3) is 33.4 Å². The lowest BCUT2D eigenvalue weighted by atomic mass is 9.88. The van der Waals surface area contributed by atoms with E-state index >= 15 is 0 Å². The molecule has 0 bridgehead atoms. The SMILES string of the molecule is CC1(C)Cc2c(-c3ccnc4[nH]ncc34)c(-c3ccc(F)cc3)nn2C1. The molecule has 1 aliphatic heterocycles. The van der Waals surface area contributed by atoms with Crippen molar-refractivity contribution in [3.8, 4) is 22.4 Å². The van der Waals surface area contributed by atoms with Gasteiger partial charge in [0.05, 0.1) is 6.20 Å². The number of nitrogens with one attached hydrogen (secondary N) is 1. The van der Waals surface area contributed by atoms with Crippen LogP contribution in [0.1, 0.15) is 19.5 Å². The van der Waals surface area contributed by atoms with Gasteiger partial charge in [-0.25, -0.2) is 9.37 Å². The largest absolute Gasteiger partial charge is 0.268 e. The number of pyridine rings is 1. The van der Waals surface area contributed by atoms with Gasteiger partial charge in [0.1, 0.15) is 11.5 Å². The molecule has 0 amide bonds. The molecule has 6 heteroatoms. The first kappa shape index (κ1) is 15.3. The lowest BCUT2D eigenvalue weighted by Crippen LogP contribution is -2.13. The Balaban J connectivity index is 1.80. The van der Waals surface area contributed by atoms with Crippen LogP contribution in [0.3, 0.4) is 0 Å². The minimum atomic E-state index is -0.246. The molecule has 1 aliphatic rings. The van der Waals surface area contributed by atoms with Crippen molar-refractivity contribution in [3.63, 3.8) is 0 Å². The molecule has 0 spiro atoms. The summed E-state index contributed by atoms with van der Waals surface area (Å²) >= 11 is 0. The summed E-state index contributed by atoms with van der Waals surface area (Å²) in [5.74, 6) is -0.246. The van der Waals surface area contributed by atoms with E-state index in [-0.39, 0.29) is 11.2 Å². The number of benzene rings is 1. The number of aromatic nitrogens is 5. The van der Waals surface area contributed by atoms with Gasteiger partial charge < -0.3 is 0 Å². The van der Waals surface area contributed by atoms with Crippen LogP contribution in [-0.4, -0.2) is 25.0 Å². The van der Waals surface area contributed by atoms with Crippen LogP contribution in [0.15, 0.2) is 42.7 Å². The molecule has 5 nitrogen and oxygen atoms in total. The number of rotatable bonds is 2. The smallest absolute Gasteiger partial charge is 0.155 e. The number of halogens is 1. The Morgan fingerprint density at radius 1 is 1.15 bits per heavy atom. The van der Waals surface area contributed by atoms with E-state index in [0.717, 1.165) is 46.4 Å². The molecule has 0 saturated heterocycles. The summed E-state index contributed by atoms with van der Waals surface area (Å²) in [6, 6.07) is 8.54. The van der Waals surface area contributed by atoms with Gasteiger partial charge in [-0.1, -0.05) is 13.8 Å². The van der Waals surface area contributed by atoms with Crippen LogP contribution < -0.4 is 0 Å². The van der Waals surface area contributed by atoms with Crippen molar-refractivity contribution in [2.75, 3.05) is 0 Å². The van der Waals surface area contributed by atoms with E-state index in [1.54, 1.807) is 24.5 Å². The zero-order chi connectivity index (χ0) is 17.9. The highest BCUT2D eigenvalue weighted by atomic mass is 19.1. The average molecular weight is 347 g/mol. The van der Waals surface area contributed by atoms with Gasteiger partial charge in [-0.05, 0) is 47.7 Å². The van der Waals surface area contributed by atoms with E-state index in [4.69, 9.17) is 5.10 Å². The highest BCUT2D eigenvalue weighted by Crippen LogP contribution is 2.43. The zero-order valence-electron chi connectivity index (χ0n) is 14.6. The summed E-state index contributed by atoms with van der Waals surface area (Å²) in [6.45, 7) is 5.38. The van der Waals surface area contributed by atoms with E-state index in [1.807, 2.05) is 6.07 Å². The van der Waals surface area contributed by atoms with Crippen molar-refractivity contribution in [1.82, 2.24) is 25.0 Å². The highest BCUT2D eigenvalue weighted by molar-refractivity contribution is 5.97. The maximum absolute atomic E-state index is 13.4. The number of aromatic amines is 1. The Kier molecular flexibility index (Phi) is 3.07. The van der Waals surface area contributed by atoms with E-state index in [0.29, 0.717) is 0 Å². The fourth-order valence-corrected chi connectivity index (χ4v) is 3.88. The molecule has 0 fully saturated rings. The fraction of sp³-hybridized carbons (Fsp3) is 0.250. The third-order valence-corrected chi connectivity index (χ3v) is 5.02. The Morgan fingerprint density at radius 3 is 2.77 bits per heavy atom. The Bertz CT molecular complexity index is 1120. The van der Waals surface area contributed by atoms with Crippen LogP contribution in [0, 0.1) is 11.2 Å². The lowest BCUT2D eigenvalue weighted by molar-refractivity contribution is 0.347. The predicted molar refractivity (Wildman–Crippen MR) is 98.0 cm³/mol. The molecule has 5 rings (SSSR count). The third-order valence-electron chi connectivity index (χ3n) is 5.02. The molecule has 4 aromatic rings. The maximum Gasteiger partial charge on any atom is 0.155 e. The Morgan fingerprint density at radius 2 is 1.96 bits per heavy atom. The second-order valence-corrected chi connectivity index (χ2v) is 7.67. The zero-order valence-corrected chi connectivity index (χ0v) is 14.6. The summed E-state index contributed by atoms with van der Waals surface area (Å²) in [6.07, 6.45) is 4.53. The Labute approximate surface area is 149 Å². The molecule has 0 aliphatic carbocycles. The second kappa shape index (κ2) is 5.24. The van der Waals surface area contributed by atoms with Crippen LogP contribution in [0.4, 0.5) is 4.39 Å². The molecule has 1 aromatic carbocycles. The molecule has 0 saturated carbocycles. The van der Waals surface area contributed by atoms with Gasteiger partial charge in [0, 0.05) is 34.9 Å². The minimum absolute atomic E-state index is 0.168. The first-order chi connectivity index (χ1) is 12.5. The maximum atomic E-state index is 13.4. The van der Waals surface area contributed by atoms with Crippen LogP contribution in [0.5, 0.6) is 0 Å². The highest BCUT2D eigenvalue weighted by Gasteiger charge is 2.34. The molecule has 0 unspecified atom stereocenters. The third kappa shape index (κ3) is 2.25. The van der Waals surface area contributed by atoms with Crippen molar-refractivity contribution in [3.05, 3.63) is 54.2 Å².